The zero-order valence-electron chi connectivity index (χ0n) is 12.0. The second-order valence-corrected chi connectivity index (χ2v) is 4.95. The van der Waals surface area contributed by atoms with E-state index in [0.29, 0.717) is 31.1 Å². The van der Waals surface area contributed by atoms with Crippen LogP contribution < -0.4 is 10.1 Å². The average molecular weight is 324 g/mol. The zero-order valence-corrected chi connectivity index (χ0v) is 12.0. The molecule has 2 aromatic rings. The number of halogens is 2. The number of aromatic nitrogens is 2. The molecule has 0 saturated carbocycles. The fourth-order valence-electron chi connectivity index (χ4n) is 2.30. The van der Waals surface area contributed by atoms with Crippen LogP contribution in [-0.4, -0.2) is 47.2 Å². The standard InChI is InChI=1S/C14H14F2N4O3/c15-14(16)22-10-4-2-1-3-9(10)13-18-12(23-19-13)8-20-6-5-17-11(21)7-20/h1-4,14H,5-8H2,(H,17,21). The van der Waals surface area contributed by atoms with Gasteiger partial charge in [0.1, 0.15) is 5.75 Å². The first-order valence-electron chi connectivity index (χ1n) is 6.97. The van der Waals surface area contributed by atoms with Crippen molar-refractivity contribution in [3.05, 3.63) is 30.2 Å². The number of piperazine rings is 1. The lowest BCUT2D eigenvalue weighted by molar-refractivity contribution is -0.124. The second-order valence-electron chi connectivity index (χ2n) is 4.95. The van der Waals surface area contributed by atoms with E-state index in [1.807, 2.05) is 4.90 Å². The molecule has 1 fully saturated rings. The molecule has 122 valence electrons. The van der Waals surface area contributed by atoms with Gasteiger partial charge in [0.15, 0.2) is 0 Å². The Morgan fingerprint density at radius 1 is 1.39 bits per heavy atom. The van der Waals surface area contributed by atoms with Gasteiger partial charge in [-0.25, -0.2) is 0 Å². The Bertz CT molecular complexity index is 692. The first-order valence-corrected chi connectivity index (χ1v) is 6.97. The summed E-state index contributed by atoms with van der Waals surface area (Å²) in [6.07, 6.45) is 0. The largest absolute Gasteiger partial charge is 0.434 e. The van der Waals surface area contributed by atoms with Crippen LogP contribution in [0.1, 0.15) is 5.89 Å². The van der Waals surface area contributed by atoms with Gasteiger partial charge in [-0.05, 0) is 12.1 Å². The summed E-state index contributed by atoms with van der Waals surface area (Å²) in [4.78, 5) is 17.4. The molecular formula is C14H14F2N4O3. The molecule has 1 amide bonds. The molecule has 7 nitrogen and oxygen atoms in total. The normalized spacial score (nSPS) is 15.7. The van der Waals surface area contributed by atoms with Crippen LogP contribution in [-0.2, 0) is 11.3 Å². The molecule has 0 spiro atoms. The van der Waals surface area contributed by atoms with Gasteiger partial charge in [-0.15, -0.1) is 0 Å². The van der Waals surface area contributed by atoms with Crippen molar-refractivity contribution < 1.29 is 22.8 Å². The van der Waals surface area contributed by atoms with Gasteiger partial charge in [-0.2, -0.15) is 13.8 Å². The van der Waals surface area contributed by atoms with Crippen molar-refractivity contribution in [2.45, 2.75) is 13.2 Å². The molecular weight excluding hydrogens is 310 g/mol. The number of ether oxygens (including phenoxy) is 1. The van der Waals surface area contributed by atoms with Crippen LogP contribution in [0.2, 0.25) is 0 Å². The van der Waals surface area contributed by atoms with E-state index in [0.717, 1.165) is 0 Å². The van der Waals surface area contributed by atoms with E-state index in [9.17, 15) is 13.6 Å². The molecule has 3 rings (SSSR count). The number of benzene rings is 1. The number of amides is 1. The van der Waals surface area contributed by atoms with Crippen molar-refractivity contribution in [2.75, 3.05) is 19.6 Å². The maximum absolute atomic E-state index is 12.4. The molecule has 1 aliphatic heterocycles. The Morgan fingerprint density at radius 2 is 2.22 bits per heavy atom. The van der Waals surface area contributed by atoms with Crippen molar-refractivity contribution in [2.24, 2.45) is 0 Å². The number of hydrogen-bond donors (Lipinski definition) is 1. The lowest BCUT2D eigenvalue weighted by Crippen LogP contribution is -2.47. The molecule has 0 radical (unpaired) electrons. The summed E-state index contributed by atoms with van der Waals surface area (Å²) in [6.45, 7) is -1.13. The zero-order chi connectivity index (χ0) is 16.2. The van der Waals surface area contributed by atoms with Gasteiger partial charge in [0.05, 0.1) is 18.7 Å². The lowest BCUT2D eigenvalue weighted by atomic mass is 10.2. The van der Waals surface area contributed by atoms with Crippen LogP contribution in [0.15, 0.2) is 28.8 Å². The molecule has 0 bridgehead atoms. The Morgan fingerprint density at radius 3 is 3.00 bits per heavy atom. The van der Waals surface area contributed by atoms with Crippen molar-refractivity contribution in [3.63, 3.8) is 0 Å². The molecule has 1 aromatic carbocycles. The topological polar surface area (TPSA) is 80.5 Å². The van der Waals surface area contributed by atoms with Crippen molar-refractivity contribution in [3.8, 4) is 17.1 Å². The number of hydrogen-bond acceptors (Lipinski definition) is 6. The van der Waals surface area contributed by atoms with E-state index in [1.54, 1.807) is 18.2 Å². The number of rotatable bonds is 5. The monoisotopic (exact) mass is 324 g/mol. The first-order chi connectivity index (χ1) is 11.1. The second kappa shape index (κ2) is 6.69. The Labute approximate surface area is 130 Å². The molecule has 2 heterocycles. The van der Waals surface area contributed by atoms with Gasteiger partial charge >= 0.3 is 6.61 Å². The van der Waals surface area contributed by atoms with Gasteiger partial charge in [0.2, 0.25) is 17.6 Å². The van der Waals surface area contributed by atoms with Crippen molar-refractivity contribution in [1.29, 1.82) is 0 Å². The van der Waals surface area contributed by atoms with Crippen LogP contribution in [0.25, 0.3) is 11.4 Å². The van der Waals surface area contributed by atoms with Crippen LogP contribution in [0.4, 0.5) is 8.78 Å². The quantitative estimate of drug-likeness (QED) is 0.892. The minimum atomic E-state index is -2.94. The molecule has 1 aromatic heterocycles. The number of nitrogens with one attached hydrogen (secondary N) is 1. The fourth-order valence-corrected chi connectivity index (χ4v) is 2.30. The summed E-state index contributed by atoms with van der Waals surface area (Å²) in [6, 6.07) is 6.22. The maximum Gasteiger partial charge on any atom is 0.387 e. The number of alkyl halides is 2. The SMILES string of the molecule is O=C1CN(Cc2nc(-c3ccccc3OC(F)F)no2)CCN1. The van der Waals surface area contributed by atoms with Gasteiger partial charge < -0.3 is 14.6 Å². The highest BCUT2D eigenvalue weighted by Gasteiger charge is 2.20. The van der Waals surface area contributed by atoms with E-state index < -0.39 is 6.61 Å². The highest BCUT2D eigenvalue weighted by Crippen LogP contribution is 2.28. The number of carbonyl (C=O) groups excluding carboxylic acids is 1. The summed E-state index contributed by atoms with van der Waals surface area (Å²) in [7, 11) is 0. The molecule has 9 heteroatoms. The smallest absolute Gasteiger partial charge is 0.387 e. The predicted octanol–water partition coefficient (Wildman–Crippen LogP) is 1.27. The molecule has 0 aliphatic carbocycles. The number of nitrogens with zero attached hydrogens (tertiary/aromatic N) is 3. The predicted molar refractivity (Wildman–Crippen MR) is 74.7 cm³/mol. The molecule has 0 unspecified atom stereocenters. The van der Waals surface area contributed by atoms with E-state index >= 15 is 0 Å². The van der Waals surface area contributed by atoms with E-state index in [1.165, 1.54) is 6.07 Å². The lowest BCUT2D eigenvalue weighted by Gasteiger charge is -2.24. The number of para-hydroxylation sites is 1. The molecule has 1 aliphatic rings. The molecule has 0 atom stereocenters. The number of carbonyl (C=O) groups is 1. The van der Waals surface area contributed by atoms with Crippen molar-refractivity contribution >= 4 is 5.91 Å². The van der Waals surface area contributed by atoms with Crippen LogP contribution in [0.5, 0.6) is 5.75 Å². The minimum absolute atomic E-state index is 0.0211. The summed E-state index contributed by atoms with van der Waals surface area (Å²) < 4.78 is 34.5. The third-order valence-corrected chi connectivity index (χ3v) is 3.29. The summed E-state index contributed by atoms with van der Waals surface area (Å²) in [5.41, 5.74) is 0.319. The maximum atomic E-state index is 12.4. The van der Waals surface area contributed by atoms with Gasteiger partial charge in [-0.1, -0.05) is 17.3 Å². The molecule has 23 heavy (non-hydrogen) atoms. The Hall–Kier alpha value is -2.55. The highest BCUT2D eigenvalue weighted by molar-refractivity contribution is 5.78. The highest BCUT2D eigenvalue weighted by atomic mass is 19.3. The van der Waals surface area contributed by atoms with Crippen molar-refractivity contribution in [1.82, 2.24) is 20.4 Å². The summed E-state index contributed by atoms with van der Waals surface area (Å²) >= 11 is 0. The average Bonchev–Trinajstić information content (AvgIpc) is 2.95. The first kappa shape index (κ1) is 15.3. The molecule has 1 saturated heterocycles. The minimum Gasteiger partial charge on any atom is -0.434 e. The summed E-state index contributed by atoms with van der Waals surface area (Å²) in [5.74, 6) is 0.387. The third-order valence-electron chi connectivity index (χ3n) is 3.29. The molecule has 1 N–H and O–H groups in total. The van der Waals surface area contributed by atoms with E-state index in [-0.39, 0.29) is 24.0 Å². The third kappa shape index (κ3) is 3.81. The van der Waals surface area contributed by atoms with Crippen LogP contribution in [0.3, 0.4) is 0 Å². The Balaban J connectivity index is 1.75. The fraction of sp³-hybridized carbons (Fsp3) is 0.357. The van der Waals surface area contributed by atoms with Crippen LogP contribution >= 0.6 is 0 Å². The van der Waals surface area contributed by atoms with Gasteiger partial charge in [0, 0.05) is 13.1 Å². The van der Waals surface area contributed by atoms with E-state index in [4.69, 9.17) is 4.52 Å². The summed E-state index contributed by atoms with van der Waals surface area (Å²) in [5, 5.41) is 6.52. The van der Waals surface area contributed by atoms with E-state index in [2.05, 4.69) is 20.2 Å². The van der Waals surface area contributed by atoms with Gasteiger partial charge in [0.25, 0.3) is 0 Å². The van der Waals surface area contributed by atoms with Crippen LogP contribution in [0, 0.1) is 0 Å². The Kier molecular flexibility index (Phi) is 4.47. The van der Waals surface area contributed by atoms with Gasteiger partial charge in [-0.3, -0.25) is 9.69 Å².